The second-order valence-corrected chi connectivity index (χ2v) is 21.8. The van der Waals surface area contributed by atoms with Crippen molar-refractivity contribution in [3.63, 3.8) is 0 Å². The Bertz CT molecular complexity index is 3860. The number of rotatable bonds is 10. The third-order valence-electron chi connectivity index (χ3n) is 14.4. The Morgan fingerprint density at radius 2 is 1.05 bits per heavy atom. The van der Waals surface area contributed by atoms with Crippen LogP contribution in [0.4, 0.5) is 62.3 Å². The molecule has 3 heterocycles. The van der Waals surface area contributed by atoms with E-state index in [-0.39, 0.29) is 51.0 Å². The van der Waals surface area contributed by atoms with Crippen molar-refractivity contribution in [3.05, 3.63) is 208 Å². The molecule has 84 heavy (non-hydrogen) atoms. The van der Waals surface area contributed by atoms with Gasteiger partial charge in [-0.3, -0.25) is 19.2 Å². The molecule has 438 valence electrons. The third kappa shape index (κ3) is 10.8. The van der Waals surface area contributed by atoms with Gasteiger partial charge >= 0.3 is 18.5 Å². The number of hydrogen-bond acceptors (Lipinski definition) is 7. The molecule has 3 unspecified atom stereocenters. The summed E-state index contributed by atoms with van der Waals surface area (Å²) >= 11 is 14.4. The number of hydrogen-bond donors (Lipinski definition) is 4. The van der Waals surface area contributed by atoms with Gasteiger partial charge in [-0.05, 0) is 113 Å². The van der Waals surface area contributed by atoms with E-state index < -0.39 is 98.1 Å². The summed E-state index contributed by atoms with van der Waals surface area (Å²) in [4.78, 5) is 57.8. The molecule has 0 saturated heterocycles. The van der Waals surface area contributed by atoms with Crippen molar-refractivity contribution in [1.82, 2.24) is 0 Å². The predicted molar refractivity (Wildman–Crippen MR) is 308 cm³/mol. The molecular formula is C60H48Cl2F9IN6O6. The van der Waals surface area contributed by atoms with Crippen LogP contribution in [-0.4, -0.2) is 53.5 Å². The van der Waals surface area contributed by atoms with Crippen LogP contribution in [0.2, 0.25) is 10.0 Å². The molecule has 3 aliphatic heterocycles. The van der Waals surface area contributed by atoms with Crippen LogP contribution in [0.25, 0.3) is 15.6 Å². The number of carbonyl (C=O) groups is 4. The van der Waals surface area contributed by atoms with E-state index in [0.29, 0.717) is 52.9 Å². The lowest BCUT2D eigenvalue weighted by molar-refractivity contribution is -0.145. The second-order valence-electron chi connectivity index (χ2n) is 19.7. The average molecular weight is 1320 g/mol. The number of amides is 4. The fourth-order valence-corrected chi connectivity index (χ4v) is 12.1. The predicted octanol–water partition coefficient (Wildman–Crippen LogP) is 13.8. The van der Waals surface area contributed by atoms with E-state index >= 15 is 0 Å². The van der Waals surface area contributed by atoms with Crippen LogP contribution in [-0.2, 0) is 49.7 Å². The summed E-state index contributed by atoms with van der Waals surface area (Å²) < 4.78 is 125. The second kappa shape index (κ2) is 23.3. The van der Waals surface area contributed by atoms with Crippen LogP contribution >= 0.6 is 45.8 Å². The Labute approximate surface area is 498 Å². The lowest BCUT2D eigenvalue weighted by atomic mass is 9.81. The maximum atomic E-state index is 14.0. The van der Waals surface area contributed by atoms with Crippen LogP contribution in [0, 0.1) is 10.1 Å². The molecule has 0 bridgehead atoms. The maximum Gasteiger partial charge on any atom is 0.416 e. The summed E-state index contributed by atoms with van der Waals surface area (Å²) in [5.74, 6) is -3.08. The van der Waals surface area contributed by atoms with Crippen molar-refractivity contribution in [1.29, 1.82) is 0 Å². The van der Waals surface area contributed by atoms with Crippen LogP contribution in [0.3, 0.4) is 0 Å². The highest BCUT2D eigenvalue weighted by atomic mass is 127. The Morgan fingerprint density at radius 1 is 0.571 bits per heavy atom. The maximum absolute atomic E-state index is 14.0. The number of nitrogens with zero attached hydrogens (tertiary/aromatic N) is 4. The first-order valence-electron chi connectivity index (χ1n) is 25.7. The number of halogens is 12. The highest BCUT2D eigenvalue weighted by Gasteiger charge is 2.59. The standard InChI is InChI=1S/C22H18F3IN2O.C20H14F6N2O2.C18H16Cl2N2O3/c1-2-9-28-18-12-16(26)11-17(22(23,24)25)19(18)21(27,20(28)29)15-8-7-13-5-3-4-6-14(13)10-15;1-3-8-28-15-10-11(27-2)9-14(20(24,25)26)16(15)18(30,17(28)29)12-6-4-5-7-13(12)19(21,22)23;1-2-7-22-14-9-10(16(21)23)8-13(20)15(14)18(25,17(22)24)11-5-3-4-6-12(11)19/h3-8,10-12H,2,9,27H2,1H3;4-7,9-10,30H,3,8H2,1H3;3-6,8-9,25H,2,7H2,1H3,(H2,21,23). The molecule has 0 fully saturated rings. The minimum absolute atomic E-state index is 0.0840. The zero-order chi connectivity index (χ0) is 61.8. The average Bonchev–Trinajstić information content (AvgIpc) is 1.59. The van der Waals surface area contributed by atoms with Crippen LogP contribution in [0.5, 0.6) is 0 Å². The van der Waals surface area contributed by atoms with E-state index in [2.05, 4.69) is 4.85 Å². The van der Waals surface area contributed by atoms with Crippen molar-refractivity contribution in [2.75, 3.05) is 34.3 Å². The lowest BCUT2D eigenvalue weighted by Crippen LogP contribution is -2.49. The lowest BCUT2D eigenvalue weighted by Gasteiger charge is -2.28. The fraction of sp³-hybridized carbons (Fsp3) is 0.250. The van der Waals surface area contributed by atoms with E-state index in [1.807, 2.05) is 60.7 Å². The van der Waals surface area contributed by atoms with Crippen molar-refractivity contribution >= 4 is 103 Å². The summed E-state index contributed by atoms with van der Waals surface area (Å²) in [5.41, 5.74) is -0.456. The topological polar surface area (TPSA) is 175 Å². The number of aliphatic hydroxyl groups is 2. The Balaban J connectivity index is 0.000000165. The van der Waals surface area contributed by atoms with Gasteiger partial charge in [-0.1, -0.05) is 117 Å². The summed E-state index contributed by atoms with van der Waals surface area (Å²) in [7, 11) is 0. The Morgan fingerprint density at radius 3 is 1.58 bits per heavy atom. The first-order valence-corrected chi connectivity index (χ1v) is 27.5. The van der Waals surface area contributed by atoms with Gasteiger partial charge in [-0.25, -0.2) is 4.85 Å². The minimum atomic E-state index is -5.13. The normalized spacial score (nSPS) is 19.1. The highest BCUT2D eigenvalue weighted by molar-refractivity contribution is 14.1. The van der Waals surface area contributed by atoms with E-state index in [1.165, 1.54) is 21.9 Å². The molecule has 12 nitrogen and oxygen atoms in total. The van der Waals surface area contributed by atoms with Gasteiger partial charge in [0.2, 0.25) is 5.91 Å². The quantitative estimate of drug-likeness (QED) is 0.0599. The van der Waals surface area contributed by atoms with Crippen molar-refractivity contribution in [2.45, 2.75) is 75.3 Å². The van der Waals surface area contributed by atoms with Gasteiger partial charge in [0.05, 0.1) is 39.7 Å². The van der Waals surface area contributed by atoms with Crippen LogP contribution in [0.1, 0.15) is 100 Å². The number of carbonyl (C=O) groups excluding carboxylic acids is 4. The van der Waals surface area contributed by atoms with E-state index in [4.69, 9.17) is 41.2 Å². The first kappa shape index (κ1) is 62.8. The summed E-state index contributed by atoms with van der Waals surface area (Å²) in [6.07, 6.45) is -13.3. The van der Waals surface area contributed by atoms with E-state index in [1.54, 1.807) is 55.5 Å². The molecule has 0 spiro atoms. The molecule has 0 aromatic heterocycles. The van der Waals surface area contributed by atoms with Gasteiger partial charge in [-0.15, -0.1) is 0 Å². The molecular weight excluding hydrogens is 1270 g/mol. The van der Waals surface area contributed by atoms with Gasteiger partial charge in [0.15, 0.2) is 16.9 Å². The monoisotopic (exact) mass is 1320 g/mol. The summed E-state index contributed by atoms with van der Waals surface area (Å²) in [5, 5.41) is 24.7. The third-order valence-corrected chi connectivity index (χ3v) is 15.6. The highest BCUT2D eigenvalue weighted by Crippen LogP contribution is 2.55. The first-order chi connectivity index (χ1) is 39.4. The van der Waals surface area contributed by atoms with Crippen molar-refractivity contribution in [3.8, 4) is 0 Å². The number of benzene rings is 7. The van der Waals surface area contributed by atoms with Crippen LogP contribution < -0.4 is 26.2 Å². The minimum Gasteiger partial charge on any atom is -0.372 e. The van der Waals surface area contributed by atoms with Crippen LogP contribution in [0.15, 0.2) is 127 Å². The van der Waals surface area contributed by atoms with Gasteiger partial charge in [0.25, 0.3) is 17.7 Å². The van der Waals surface area contributed by atoms with Crippen molar-refractivity contribution < 1.29 is 68.9 Å². The Kier molecular flexibility index (Phi) is 17.4. The number of nitrogens with two attached hydrogens (primary N) is 2. The van der Waals surface area contributed by atoms with E-state index in [9.17, 15) is 68.9 Å². The van der Waals surface area contributed by atoms with E-state index in [0.717, 1.165) is 46.0 Å². The largest absolute Gasteiger partial charge is 0.416 e. The molecule has 10 rings (SSSR count). The molecule has 4 amide bonds. The van der Waals surface area contributed by atoms with Gasteiger partial charge in [0.1, 0.15) is 5.54 Å². The van der Waals surface area contributed by atoms with Crippen molar-refractivity contribution in [2.24, 2.45) is 11.5 Å². The Hall–Kier alpha value is -7.27. The number of fused-ring (bicyclic) bond motifs is 4. The molecule has 7 aromatic carbocycles. The molecule has 3 aliphatic rings. The van der Waals surface area contributed by atoms with Gasteiger partial charge < -0.3 is 36.4 Å². The fourth-order valence-electron chi connectivity index (χ4n) is 10.8. The summed E-state index contributed by atoms with van der Waals surface area (Å²) in [6, 6.07) is 29.5. The molecule has 0 saturated carbocycles. The smallest absolute Gasteiger partial charge is 0.372 e. The molecule has 7 aromatic rings. The molecule has 6 N–H and O–H groups in total. The number of anilines is 3. The zero-order valence-electron chi connectivity index (χ0n) is 44.4. The molecule has 0 radical (unpaired) electrons. The molecule has 3 atom stereocenters. The number of alkyl halides is 9. The summed E-state index contributed by atoms with van der Waals surface area (Å²) in [6.45, 7) is 12.9. The SMILES string of the molecule is CCCN1C(=O)C(N)(c2ccc3ccccc3c2)c2c1cc(I)cc2C(F)(F)F.CCCN1C(=O)C(O)(c2ccccc2Cl)c2c(Cl)cc(C(N)=O)cc21.[C-]#[N+]c1cc2c(c(C(F)(F)F)c1)C(O)(c1ccccc1C(F)(F)F)C(=O)N2CCC. The molecule has 0 aliphatic carbocycles. The zero-order valence-corrected chi connectivity index (χ0v) is 48.0. The van der Waals surface area contributed by atoms with Gasteiger partial charge in [0, 0.05) is 67.3 Å². The number of primary amides is 1. The van der Waals surface area contributed by atoms with Gasteiger partial charge in [-0.2, -0.15) is 39.5 Å². The molecule has 24 heteroatoms.